The minimum absolute atomic E-state index is 0.0523. The van der Waals surface area contributed by atoms with E-state index in [0.717, 1.165) is 12.4 Å². The summed E-state index contributed by atoms with van der Waals surface area (Å²) < 4.78 is 62.3. The van der Waals surface area contributed by atoms with Gasteiger partial charge in [0.05, 0.1) is 38.1 Å². The van der Waals surface area contributed by atoms with E-state index in [4.69, 9.17) is 13.9 Å². The zero-order valence-electron chi connectivity index (χ0n) is 24.2. The van der Waals surface area contributed by atoms with E-state index in [-0.39, 0.29) is 24.1 Å². The van der Waals surface area contributed by atoms with Crippen molar-refractivity contribution in [1.82, 2.24) is 24.7 Å². The van der Waals surface area contributed by atoms with Crippen molar-refractivity contribution >= 4 is 24.0 Å². The van der Waals surface area contributed by atoms with Crippen LogP contribution in [0.5, 0.6) is 11.5 Å². The van der Waals surface area contributed by atoms with Crippen molar-refractivity contribution in [2.75, 3.05) is 25.1 Å². The predicted octanol–water partition coefficient (Wildman–Crippen LogP) is 5.14. The number of furan rings is 1. The number of halogens is 1. The molecule has 0 amide bonds. The molecule has 0 N–H and O–H groups in total. The molecule has 0 bridgehead atoms. The number of anilines is 1. The quantitative estimate of drug-likeness (QED) is 0.203. The molecule has 14 heteroatoms. The molecule has 4 rings (SSSR count). The minimum Gasteiger partial charge on any atom is -0.494 e. The molecular weight excluding hydrogens is 567 g/mol. The smallest absolute Gasteiger partial charge is 0.246 e. The topological polar surface area (TPSA) is 125 Å². The molecule has 0 saturated carbocycles. The molecule has 0 fully saturated rings. The molecule has 2 atom stereocenters. The Balaban J connectivity index is 1.95. The Hall–Kier alpha value is -3.78. The molecule has 0 aliphatic carbocycles. The number of aromatic nitrogens is 5. The highest BCUT2D eigenvalue weighted by Crippen LogP contribution is 2.40. The van der Waals surface area contributed by atoms with Gasteiger partial charge in [-0.3, -0.25) is 4.57 Å². The highest BCUT2D eigenvalue weighted by Gasteiger charge is 2.39. The largest absolute Gasteiger partial charge is 0.494 e. The molecule has 220 valence electrons. The fourth-order valence-corrected chi connectivity index (χ4v) is 7.05. The van der Waals surface area contributed by atoms with Crippen LogP contribution in [0.1, 0.15) is 25.6 Å². The van der Waals surface area contributed by atoms with Crippen molar-refractivity contribution in [3.05, 3.63) is 60.6 Å². The summed E-state index contributed by atoms with van der Waals surface area (Å²) in [6, 6.07) is 9.32. The Labute approximate surface area is 240 Å². The lowest BCUT2D eigenvalue weighted by Crippen LogP contribution is -2.43. The van der Waals surface area contributed by atoms with Crippen LogP contribution in [0, 0.1) is 5.82 Å². The first-order valence-corrected chi connectivity index (χ1v) is 18.3. The number of para-hydroxylation sites is 1. The van der Waals surface area contributed by atoms with Crippen LogP contribution in [0.15, 0.2) is 53.4 Å². The molecule has 3 aromatic heterocycles. The first-order chi connectivity index (χ1) is 19.4. The number of sulfonamides is 1. The van der Waals surface area contributed by atoms with E-state index in [1.807, 2.05) is 0 Å². The maximum Gasteiger partial charge on any atom is 0.246 e. The van der Waals surface area contributed by atoms with Gasteiger partial charge in [-0.15, -0.1) is 10.2 Å². The number of hydrogen-bond acceptors (Lipinski definition) is 9. The first-order valence-electron chi connectivity index (χ1n) is 13.1. The van der Waals surface area contributed by atoms with Crippen LogP contribution >= 0.6 is 0 Å². The predicted molar refractivity (Wildman–Crippen MR) is 156 cm³/mol. The normalized spacial score (nSPS) is 13.6. The Bertz CT molecular complexity index is 1550. The van der Waals surface area contributed by atoms with Gasteiger partial charge in [-0.05, 0) is 37.2 Å². The van der Waals surface area contributed by atoms with E-state index in [1.165, 1.54) is 24.8 Å². The summed E-state index contributed by atoms with van der Waals surface area (Å²) in [5.74, 6) is 0.496. The van der Waals surface area contributed by atoms with Gasteiger partial charge < -0.3 is 13.9 Å². The molecule has 0 saturated heterocycles. The molecule has 4 aromatic rings. The molecule has 0 unspecified atom stereocenters. The van der Waals surface area contributed by atoms with E-state index in [2.05, 4.69) is 39.8 Å². The number of ether oxygens (including phenoxy) is 2. The van der Waals surface area contributed by atoms with E-state index in [0.29, 0.717) is 29.0 Å². The van der Waals surface area contributed by atoms with E-state index in [9.17, 15) is 12.8 Å². The van der Waals surface area contributed by atoms with Crippen LogP contribution in [-0.2, 0) is 10.0 Å². The average molecular weight is 603 g/mol. The summed E-state index contributed by atoms with van der Waals surface area (Å²) in [7, 11) is -2.82. The van der Waals surface area contributed by atoms with Crippen molar-refractivity contribution < 1.29 is 26.7 Å². The van der Waals surface area contributed by atoms with Crippen LogP contribution in [0.25, 0.3) is 17.3 Å². The highest BCUT2D eigenvalue weighted by molar-refractivity contribution is 7.93. The van der Waals surface area contributed by atoms with Gasteiger partial charge in [-0.1, -0.05) is 32.6 Å². The number of methoxy groups -OCH3 is 2. The second kappa shape index (κ2) is 12.0. The van der Waals surface area contributed by atoms with Gasteiger partial charge in [0.2, 0.25) is 21.8 Å². The first kappa shape index (κ1) is 30.2. The monoisotopic (exact) mass is 602 g/mol. The minimum atomic E-state index is -4.11. The third-order valence-electron chi connectivity index (χ3n) is 6.83. The van der Waals surface area contributed by atoms with Crippen LogP contribution in [0.3, 0.4) is 0 Å². The van der Waals surface area contributed by atoms with Crippen LogP contribution in [0.4, 0.5) is 10.3 Å². The Morgan fingerprint density at radius 2 is 1.66 bits per heavy atom. The molecule has 0 aliphatic rings. The van der Waals surface area contributed by atoms with Crippen LogP contribution in [0.2, 0.25) is 25.7 Å². The van der Waals surface area contributed by atoms with Gasteiger partial charge >= 0.3 is 0 Å². The molecule has 0 radical (unpaired) electrons. The summed E-state index contributed by atoms with van der Waals surface area (Å²) in [5, 5.41) is 7.81. The van der Waals surface area contributed by atoms with Crippen molar-refractivity contribution in [1.29, 1.82) is 0 Å². The average Bonchev–Trinajstić information content (AvgIpc) is 3.62. The zero-order valence-corrected chi connectivity index (χ0v) is 26.0. The number of benzene rings is 1. The van der Waals surface area contributed by atoms with Crippen molar-refractivity contribution in [2.24, 2.45) is 0 Å². The summed E-state index contributed by atoms with van der Waals surface area (Å²) in [4.78, 5) is 8.08. The second-order valence-electron chi connectivity index (χ2n) is 10.8. The Morgan fingerprint density at radius 1 is 1.02 bits per heavy atom. The molecule has 3 heterocycles. The fourth-order valence-electron chi connectivity index (χ4n) is 4.26. The van der Waals surface area contributed by atoms with E-state index < -0.39 is 35.1 Å². The number of hydrogen-bond donors (Lipinski definition) is 0. The second-order valence-corrected chi connectivity index (χ2v) is 18.7. The molecule has 1 aromatic carbocycles. The van der Waals surface area contributed by atoms with Crippen LogP contribution in [-0.4, -0.2) is 67.2 Å². The molecule has 0 aliphatic heterocycles. The summed E-state index contributed by atoms with van der Waals surface area (Å²) in [6.07, 6.45) is 3.56. The van der Waals surface area contributed by atoms with Gasteiger partial charge in [-0.2, -0.15) is 0 Å². The van der Waals surface area contributed by atoms with Gasteiger partial charge in [0.15, 0.2) is 11.6 Å². The van der Waals surface area contributed by atoms with Crippen molar-refractivity contribution in [3.63, 3.8) is 0 Å². The number of rotatable bonds is 12. The van der Waals surface area contributed by atoms with Crippen LogP contribution < -0.4 is 13.8 Å². The van der Waals surface area contributed by atoms with Gasteiger partial charge in [0.25, 0.3) is 0 Å². The molecule has 11 nitrogen and oxygen atoms in total. The molecule has 41 heavy (non-hydrogen) atoms. The lowest BCUT2D eigenvalue weighted by atomic mass is 10.1. The maximum absolute atomic E-state index is 14.5. The summed E-state index contributed by atoms with van der Waals surface area (Å²) in [6.45, 7) is 9.95. The Kier molecular flexibility index (Phi) is 8.82. The highest BCUT2D eigenvalue weighted by atomic mass is 32.2. The third kappa shape index (κ3) is 6.27. The number of nitrogens with zero attached hydrogens (tertiary/aromatic N) is 6. The zero-order chi connectivity index (χ0) is 29.9. The van der Waals surface area contributed by atoms with Crippen molar-refractivity contribution in [2.45, 2.75) is 50.7 Å². The van der Waals surface area contributed by atoms with E-state index in [1.54, 1.807) is 48.7 Å². The summed E-state index contributed by atoms with van der Waals surface area (Å²) >= 11 is 0. The van der Waals surface area contributed by atoms with Gasteiger partial charge in [0.1, 0.15) is 23.0 Å². The fraction of sp³-hybridized carbons (Fsp3) is 0.407. The Morgan fingerprint density at radius 3 is 2.20 bits per heavy atom. The molecular formula is C27H35FN6O5SSi. The third-order valence-corrected chi connectivity index (χ3v) is 10.9. The lowest BCUT2D eigenvalue weighted by molar-refractivity contribution is 0.391. The summed E-state index contributed by atoms with van der Waals surface area (Å²) in [5.41, 5.74) is 0.416. The van der Waals surface area contributed by atoms with E-state index >= 15 is 0 Å². The molecule has 0 spiro atoms. The van der Waals surface area contributed by atoms with Gasteiger partial charge in [-0.25, -0.2) is 27.1 Å². The maximum atomic E-state index is 14.5. The van der Waals surface area contributed by atoms with Crippen molar-refractivity contribution in [3.8, 4) is 28.8 Å². The SMILES string of the molecule is COc1cccc(OC)c1-n1c(-c2ccco2)nnc1N(CC[Si](C)(C)C)S(=O)(=O)[C@H](C)[C@H](C)c1ncc(F)cn1. The van der Waals surface area contributed by atoms with Gasteiger partial charge in [0, 0.05) is 20.5 Å². The lowest BCUT2D eigenvalue weighted by Gasteiger charge is -2.31. The standard InChI is InChI=1S/C27H35FN6O5SSi/c1-18(25-29-16-20(28)17-30-25)19(2)40(35,36)33(13-15-41(5,6)7)27-32-31-26(23-12-9-14-39-23)34(27)24-21(37-3)10-8-11-22(24)38-4/h8-12,14,16-19H,13,15H2,1-7H3/t18-,19+/m0/s1.